The van der Waals surface area contributed by atoms with Crippen molar-refractivity contribution in [3.05, 3.63) is 23.4 Å². The fourth-order valence-electron chi connectivity index (χ4n) is 1.03. The molecule has 1 aliphatic rings. The number of carboxylic acid groups (broad SMARTS) is 1. The lowest BCUT2D eigenvalue weighted by Crippen LogP contribution is -2.19. The van der Waals surface area contributed by atoms with Gasteiger partial charge in [-0.1, -0.05) is 0 Å². The van der Waals surface area contributed by atoms with Crippen LogP contribution in [0.5, 0.6) is 0 Å². The quantitative estimate of drug-likeness (QED) is 0.611. The molecule has 1 aliphatic carbocycles. The van der Waals surface area contributed by atoms with Gasteiger partial charge in [0.25, 0.3) is 0 Å². The summed E-state index contributed by atoms with van der Waals surface area (Å²) in [5.41, 5.74) is 0.632. The summed E-state index contributed by atoms with van der Waals surface area (Å²) in [5, 5.41) is 11.4. The largest absolute Gasteiger partial charge is 0.478 e. The highest BCUT2D eigenvalue weighted by Crippen LogP contribution is 2.13. The number of hydrogen-bond donors (Lipinski definition) is 2. The minimum atomic E-state index is -1.01. The van der Waals surface area contributed by atoms with Gasteiger partial charge in [0.1, 0.15) is 0 Å². The molecule has 0 saturated carbocycles. The SMILES string of the molecule is CNC1=C(C(=O)O)C=CC(=O)C1. The molecular weight excluding hydrogens is 158 g/mol. The second kappa shape index (κ2) is 3.21. The van der Waals surface area contributed by atoms with E-state index in [9.17, 15) is 9.59 Å². The Hall–Kier alpha value is -1.58. The van der Waals surface area contributed by atoms with E-state index in [1.165, 1.54) is 12.2 Å². The van der Waals surface area contributed by atoms with Crippen LogP contribution in [0.2, 0.25) is 0 Å². The van der Waals surface area contributed by atoms with Crippen molar-refractivity contribution in [1.82, 2.24) is 5.32 Å². The number of carbonyl (C=O) groups excluding carboxylic acids is 1. The fourth-order valence-corrected chi connectivity index (χ4v) is 1.03. The first kappa shape index (κ1) is 8.52. The molecule has 0 amide bonds. The Bertz CT molecular complexity index is 289. The maximum Gasteiger partial charge on any atom is 0.337 e. The van der Waals surface area contributed by atoms with Crippen LogP contribution in [0.1, 0.15) is 6.42 Å². The molecule has 0 aromatic heterocycles. The van der Waals surface area contributed by atoms with Crippen molar-refractivity contribution in [3.8, 4) is 0 Å². The first-order valence-corrected chi connectivity index (χ1v) is 3.50. The van der Waals surface area contributed by atoms with Crippen LogP contribution in [-0.2, 0) is 9.59 Å². The lowest BCUT2D eigenvalue weighted by Gasteiger charge is -2.11. The van der Waals surface area contributed by atoms with Gasteiger partial charge >= 0.3 is 5.97 Å². The number of allylic oxidation sites excluding steroid dienone is 2. The van der Waals surface area contributed by atoms with Crippen molar-refractivity contribution in [2.24, 2.45) is 0 Å². The zero-order valence-corrected chi connectivity index (χ0v) is 6.63. The van der Waals surface area contributed by atoms with Gasteiger partial charge in [0.2, 0.25) is 0 Å². The summed E-state index contributed by atoms with van der Waals surface area (Å²) in [6.07, 6.45) is 2.75. The van der Waals surface area contributed by atoms with Crippen LogP contribution < -0.4 is 5.32 Å². The lowest BCUT2D eigenvalue weighted by atomic mass is 10.0. The van der Waals surface area contributed by atoms with Crippen molar-refractivity contribution < 1.29 is 14.7 Å². The Morgan fingerprint density at radius 2 is 2.25 bits per heavy atom. The molecule has 0 aromatic rings. The molecule has 0 spiro atoms. The number of carbonyl (C=O) groups is 2. The molecule has 0 atom stereocenters. The van der Waals surface area contributed by atoms with Crippen molar-refractivity contribution in [3.63, 3.8) is 0 Å². The van der Waals surface area contributed by atoms with E-state index >= 15 is 0 Å². The molecular formula is C8H9NO3. The summed E-state index contributed by atoms with van der Waals surface area (Å²) < 4.78 is 0. The first-order chi connectivity index (χ1) is 5.65. The van der Waals surface area contributed by atoms with Crippen LogP contribution in [-0.4, -0.2) is 23.9 Å². The smallest absolute Gasteiger partial charge is 0.337 e. The third-order valence-corrected chi connectivity index (χ3v) is 1.64. The van der Waals surface area contributed by atoms with Crippen molar-refractivity contribution >= 4 is 11.8 Å². The van der Waals surface area contributed by atoms with E-state index in [4.69, 9.17) is 5.11 Å². The summed E-state index contributed by atoms with van der Waals surface area (Å²) >= 11 is 0. The lowest BCUT2D eigenvalue weighted by molar-refractivity contribution is -0.132. The Balaban J connectivity index is 3.00. The molecule has 0 radical (unpaired) electrons. The molecule has 4 heteroatoms. The molecule has 0 saturated heterocycles. The summed E-state index contributed by atoms with van der Waals surface area (Å²) in [6, 6.07) is 0. The second-order valence-electron chi connectivity index (χ2n) is 2.42. The van der Waals surface area contributed by atoms with Crippen LogP contribution in [0.4, 0.5) is 0 Å². The van der Waals surface area contributed by atoms with Gasteiger partial charge in [-0.15, -0.1) is 0 Å². The van der Waals surface area contributed by atoms with Crippen molar-refractivity contribution in [2.75, 3.05) is 7.05 Å². The maximum atomic E-state index is 10.8. The molecule has 0 unspecified atom stereocenters. The molecule has 0 bridgehead atoms. The van der Waals surface area contributed by atoms with E-state index in [1.54, 1.807) is 7.05 Å². The Labute approximate surface area is 69.6 Å². The Morgan fingerprint density at radius 3 is 2.75 bits per heavy atom. The van der Waals surface area contributed by atoms with Gasteiger partial charge in [-0.2, -0.15) is 0 Å². The third kappa shape index (κ3) is 1.53. The number of ketones is 1. The third-order valence-electron chi connectivity index (χ3n) is 1.64. The molecule has 2 N–H and O–H groups in total. The topological polar surface area (TPSA) is 66.4 Å². The highest BCUT2D eigenvalue weighted by atomic mass is 16.4. The van der Waals surface area contributed by atoms with E-state index < -0.39 is 5.97 Å². The van der Waals surface area contributed by atoms with Gasteiger partial charge < -0.3 is 10.4 Å². The van der Waals surface area contributed by atoms with Crippen LogP contribution in [0.3, 0.4) is 0 Å². The van der Waals surface area contributed by atoms with Crippen molar-refractivity contribution in [1.29, 1.82) is 0 Å². The number of hydrogen-bond acceptors (Lipinski definition) is 3. The predicted octanol–water partition coefficient (Wildman–Crippen LogP) is 0.0735. The highest BCUT2D eigenvalue weighted by Gasteiger charge is 2.16. The van der Waals surface area contributed by atoms with E-state index in [-0.39, 0.29) is 17.8 Å². The van der Waals surface area contributed by atoms with E-state index in [2.05, 4.69) is 5.32 Å². The highest BCUT2D eigenvalue weighted by molar-refractivity contribution is 6.00. The Morgan fingerprint density at radius 1 is 1.58 bits per heavy atom. The molecule has 64 valence electrons. The monoisotopic (exact) mass is 167 g/mol. The summed E-state index contributed by atoms with van der Waals surface area (Å²) in [4.78, 5) is 21.4. The minimum absolute atomic E-state index is 0.0793. The standard InChI is InChI=1S/C8H9NO3/c1-9-7-4-5(10)2-3-6(7)8(11)12/h2-3,9H,4H2,1H3,(H,11,12). The summed E-state index contributed by atoms with van der Waals surface area (Å²) in [7, 11) is 1.60. The van der Waals surface area contributed by atoms with Crippen LogP contribution >= 0.6 is 0 Å². The zero-order valence-electron chi connectivity index (χ0n) is 6.63. The average Bonchev–Trinajstić information content (AvgIpc) is 2.03. The van der Waals surface area contributed by atoms with Crippen LogP contribution in [0.25, 0.3) is 0 Å². The van der Waals surface area contributed by atoms with Crippen LogP contribution in [0.15, 0.2) is 23.4 Å². The van der Waals surface area contributed by atoms with Gasteiger partial charge in [-0.3, -0.25) is 4.79 Å². The van der Waals surface area contributed by atoms with Gasteiger partial charge in [-0.25, -0.2) is 4.79 Å². The van der Waals surface area contributed by atoms with Crippen LogP contribution in [0, 0.1) is 0 Å². The molecule has 12 heavy (non-hydrogen) atoms. The van der Waals surface area contributed by atoms with Gasteiger partial charge in [0, 0.05) is 12.7 Å². The fraction of sp³-hybridized carbons (Fsp3) is 0.250. The van der Waals surface area contributed by atoms with Crippen molar-refractivity contribution in [2.45, 2.75) is 6.42 Å². The van der Waals surface area contributed by atoms with E-state index in [1.807, 2.05) is 0 Å². The molecule has 1 rings (SSSR count). The van der Waals surface area contributed by atoms with Gasteiger partial charge in [0.15, 0.2) is 5.78 Å². The van der Waals surface area contributed by atoms with E-state index in [0.717, 1.165) is 0 Å². The average molecular weight is 167 g/mol. The Kier molecular flexibility index (Phi) is 2.28. The normalized spacial score (nSPS) is 16.6. The maximum absolute atomic E-state index is 10.8. The zero-order chi connectivity index (χ0) is 9.14. The predicted molar refractivity (Wildman–Crippen MR) is 42.5 cm³/mol. The van der Waals surface area contributed by atoms with Gasteiger partial charge in [0.05, 0.1) is 12.0 Å². The summed E-state index contributed by atoms with van der Waals surface area (Å²) in [5.74, 6) is -1.09. The summed E-state index contributed by atoms with van der Waals surface area (Å²) in [6.45, 7) is 0. The molecule has 0 aliphatic heterocycles. The molecule has 0 heterocycles. The number of nitrogens with one attached hydrogen (secondary N) is 1. The molecule has 4 nitrogen and oxygen atoms in total. The second-order valence-corrected chi connectivity index (χ2v) is 2.42. The number of rotatable bonds is 2. The number of aliphatic carboxylic acids is 1. The molecule has 0 aromatic carbocycles. The first-order valence-electron chi connectivity index (χ1n) is 3.50. The van der Waals surface area contributed by atoms with Gasteiger partial charge in [-0.05, 0) is 12.2 Å². The minimum Gasteiger partial charge on any atom is -0.478 e. The molecule has 0 fully saturated rings. The van der Waals surface area contributed by atoms with E-state index in [0.29, 0.717) is 5.70 Å². The number of carboxylic acids is 1.